The number of hydrogen-bond donors (Lipinski definition) is 1. The summed E-state index contributed by atoms with van der Waals surface area (Å²) < 4.78 is 20.1. The molecule has 2 heterocycles. The van der Waals surface area contributed by atoms with E-state index in [-0.39, 0.29) is 12.4 Å². The molecule has 6 heteroatoms. The van der Waals surface area contributed by atoms with Gasteiger partial charge in [-0.3, -0.25) is 0 Å². The summed E-state index contributed by atoms with van der Waals surface area (Å²) in [5, 5.41) is 12.1. The summed E-state index contributed by atoms with van der Waals surface area (Å²) in [7, 11) is 0. The number of ether oxygens (including phenoxy) is 1. The zero-order valence-corrected chi connectivity index (χ0v) is 12.5. The fourth-order valence-electron chi connectivity index (χ4n) is 2.09. The molecule has 22 heavy (non-hydrogen) atoms. The van der Waals surface area contributed by atoms with Gasteiger partial charge in [0.1, 0.15) is 30.1 Å². The second-order valence-corrected chi connectivity index (χ2v) is 5.75. The molecule has 1 unspecified atom stereocenters. The van der Waals surface area contributed by atoms with Gasteiger partial charge in [0.05, 0.1) is 11.4 Å². The van der Waals surface area contributed by atoms with E-state index in [1.807, 2.05) is 28.3 Å². The molecular weight excluding hydrogens is 303 g/mol. The molecule has 0 radical (unpaired) electrons. The summed E-state index contributed by atoms with van der Waals surface area (Å²) in [4.78, 5) is 5.37. The van der Waals surface area contributed by atoms with Crippen molar-refractivity contribution in [3.63, 3.8) is 0 Å². The van der Waals surface area contributed by atoms with Gasteiger partial charge in [-0.05, 0) is 35.7 Å². The van der Waals surface area contributed by atoms with Crippen LogP contribution >= 0.6 is 11.3 Å². The molecule has 4 nitrogen and oxygen atoms in total. The maximum atomic E-state index is 12.8. The first-order chi connectivity index (χ1) is 10.7. The zero-order valence-electron chi connectivity index (χ0n) is 11.7. The third-order valence-electron chi connectivity index (χ3n) is 3.12. The predicted octanol–water partition coefficient (Wildman–Crippen LogP) is 3.19. The standard InChI is InChI=1S/C16H15FN2O2S/c17-12-3-5-14(6-4-12)21-11-13(20)10-19-8-7-18-16(19)15-2-1-9-22-15/h1-9,13,20H,10-11H2. The van der Waals surface area contributed by atoms with Gasteiger partial charge < -0.3 is 14.4 Å². The Morgan fingerprint density at radius 3 is 2.82 bits per heavy atom. The van der Waals surface area contributed by atoms with Crippen molar-refractivity contribution < 1.29 is 14.2 Å². The number of nitrogens with zero attached hydrogens (tertiary/aromatic N) is 2. The number of aliphatic hydroxyl groups excluding tert-OH is 1. The number of halogens is 1. The molecule has 0 bridgehead atoms. The highest BCUT2D eigenvalue weighted by Gasteiger charge is 2.12. The fraction of sp³-hybridized carbons (Fsp3) is 0.188. The van der Waals surface area contributed by atoms with Crippen molar-refractivity contribution in [2.45, 2.75) is 12.6 Å². The Balaban J connectivity index is 1.59. The first kappa shape index (κ1) is 14.7. The lowest BCUT2D eigenvalue weighted by Gasteiger charge is -2.14. The molecule has 0 spiro atoms. The maximum absolute atomic E-state index is 12.8. The summed E-state index contributed by atoms with van der Waals surface area (Å²) in [6.07, 6.45) is 2.86. The molecule has 0 aliphatic rings. The van der Waals surface area contributed by atoms with Crippen molar-refractivity contribution in [3.05, 3.63) is 60.0 Å². The highest BCUT2D eigenvalue weighted by atomic mass is 32.1. The Morgan fingerprint density at radius 2 is 2.09 bits per heavy atom. The van der Waals surface area contributed by atoms with Crippen molar-refractivity contribution in [1.29, 1.82) is 0 Å². The minimum Gasteiger partial charge on any atom is -0.491 e. The van der Waals surface area contributed by atoms with Crippen LogP contribution in [0.4, 0.5) is 4.39 Å². The lowest BCUT2D eigenvalue weighted by Crippen LogP contribution is -2.23. The van der Waals surface area contributed by atoms with Crippen molar-refractivity contribution in [3.8, 4) is 16.5 Å². The Kier molecular flexibility index (Phi) is 4.50. The van der Waals surface area contributed by atoms with E-state index >= 15 is 0 Å². The van der Waals surface area contributed by atoms with E-state index in [1.54, 1.807) is 17.5 Å². The summed E-state index contributed by atoms with van der Waals surface area (Å²) in [6, 6.07) is 9.68. The third kappa shape index (κ3) is 3.52. The van der Waals surface area contributed by atoms with E-state index in [4.69, 9.17) is 4.74 Å². The van der Waals surface area contributed by atoms with E-state index in [0.717, 1.165) is 10.7 Å². The molecule has 3 rings (SSSR count). The van der Waals surface area contributed by atoms with Crippen LogP contribution in [0, 0.1) is 5.82 Å². The van der Waals surface area contributed by atoms with E-state index in [0.29, 0.717) is 12.3 Å². The van der Waals surface area contributed by atoms with Crippen LogP contribution < -0.4 is 4.74 Å². The Hall–Kier alpha value is -2.18. The second-order valence-electron chi connectivity index (χ2n) is 4.80. The zero-order chi connectivity index (χ0) is 15.4. The average Bonchev–Trinajstić information content (AvgIpc) is 3.17. The summed E-state index contributed by atoms with van der Waals surface area (Å²) >= 11 is 1.60. The van der Waals surface area contributed by atoms with Crippen LogP contribution in [0.25, 0.3) is 10.7 Å². The van der Waals surface area contributed by atoms with Gasteiger partial charge in [-0.2, -0.15) is 0 Å². The fourth-order valence-corrected chi connectivity index (χ4v) is 2.83. The average molecular weight is 318 g/mol. The molecule has 2 aromatic heterocycles. The van der Waals surface area contributed by atoms with Crippen molar-refractivity contribution in [1.82, 2.24) is 9.55 Å². The predicted molar refractivity (Wildman–Crippen MR) is 83.4 cm³/mol. The summed E-state index contributed by atoms with van der Waals surface area (Å²) in [6.45, 7) is 0.516. The van der Waals surface area contributed by atoms with E-state index in [2.05, 4.69) is 4.98 Å². The van der Waals surface area contributed by atoms with Crippen LogP contribution in [0.3, 0.4) is 0 Å². The van der Waals surface area contributed by atoms with Crippen molar-refractivity contribution in [2.75, 3.05) is 6.61 Å². The van der Waals surface area contributed by atoms with Crippen LogP contribution in [0.15, 0.2) is 54.2 Å². The Morgan fingerprint density at radius 1 is 1.27 bits per heavy atom. The van der Waals surface area contributed by atoms with Gasteiger partial charge in [0.15, 0.2) is 0 Å². The van der Waals surface area contributed by atoms with Crippen LogP contribution in [-0.2, 0) is 6.54 Å². The number of aliphatic hydroxyl groups is 1. The van der Waals surface area contributed by atoms with Crippen LogP contribution in [0.5, 0.6) is 5.75 Å². The quantitative estimate of drug-likeness (QED) is 0.759. The normalized spacial score (nSPS) is 12.3. The topological polar surface area (TPSA) is 47.3 Å². The minimum atomic E-state index is -0.682. The van der Waals surface area contributed by atoms with E-state index in [1.165, 1.54) is 24.3 Å². The van der Waals surface area contributed by atoms with Crippen LogP contribution in [0.1, 0.15) is 0 Å². The minimum absolute atomic E-state index is 0.133. The number of thiophene rings is 1. The van der Waals surface area contributed by atoms with Gasteiger partial charge in [-0.15, -0.1) is 11.3 Å². The molecule has 0 aliphatic carbocycles. The largest absolute Gasteiger partial charge is 0.491 e. The number of hydrogen-bond acceptors (Lipinski definition) is 4. The number of rotatable bonds is 6. The molecule has 3 aromatic rings. The first-order valence-corrected chi connectivity index (χ1v) is 7.72. The molecule has 0 saturated heterocycles. The molecular formula is C16H15FN2O2S. The molecule has 1 N–H and O–H groups in total. The molecule has 114 valence electrons. The Labute approximate surface area is 131 Å². The molecule has 0 amide bonds. The molecule has 1 atom stereocenters. The van der Waals surface area contributed by atoms with Gasteiger partial charge in [0, 0.05) is 12.4 Å². The van der Waals surface area contributed by atoms with Crippen molar-refractivity contribution >= 4 is 11.3 Å². The molecule has 0 fully saturated rings. The highest BCUT2D eigenvalue weighted by Crippen LogP contribution is 2.23. The maximum Gasteiger partial charge on any atom is 0.150 e. The number of imidazole rings is 1. The lowest BCUT2D eigenvalue weighted by atomic mass is 10.3. The van der Waals surface area contributed by atoms with Crippen LogP contribution in [0.2, 0.25) is 0 Å². The van der Waals surface area contributed by atoms with E-state index < -0.39 is 6.10 Å². The Bertz CT molecular complexity index is 710. The SMILES string of the molecule is OC(COc1ccc(F)cc1)Cn1ccnc1-c1cccs1. The third-order valence-corrected chi connectivity index (χ3v) is 3.99. The highest BCUT2D eigenvalue weighted by molar-refractivity contribution is 7.13. The van der Waals surface area contributed by atoms with Gasteiger partial charge >= 0.3 is 0 Å². The molecule has 1 aromatic carbocycles. The monoisotopic (exact) mass is 318 g/mol. The van der Waals surface area contributed by atoms with Gasteiger partial charge in [0.25, 0.3) is 0 Å². The summed E-state index contributed by atoms with van der Waals surface area (Å²) in [5.74, 6) is 1.05. The first-order valence-electron chi connectivity index (χ1n) is 6.84. The lowest BCUT2D eigenvalue weighted by molar-refractivity contribution is 0.0928. The van der Waals surface area contributed by atoms with Gasteiger partial charge in [0.2, 0.25) is 0 Å². The number of aromatic nitrogens is 2. The smallest absolute Gasteiger partial charge is 0.150 e. The molecule has 0 saturated carbocycles. The van der Waals surface area contributed by atoms with Gasteiger partial charge in [-0.25, -0.2) is 9.37 Å². The second kappa shape index (κ2) is 6.72. The number of benzene rings is 1. The van der Waals surface area contributed by atoms with Gasteiger partial charge in [-0.1, -0.05) is 6.07 Å². The van der Waals surface area contributed by atoms with E-state index in [9.17, 15) is 9.50 Å². The van der Waals surface area contributed by atoms with Crippen molar-refractivity contribution in [2.24, 2.45) is 0 Å². The van der Waals surface area contributed by atoms with Crippen LogP contribution in [-0.4, -0.2) is 27.4 Å². The molecule has 0 aliphatic heterocycles. The summed E-state index contributed by atoms with van der Waals surface area (Å²) in [5.41, 5.74) is 0.